The van der Waals surface area contributed by atoms with E-state index in [1.54, 1.807) is 37.8 Å². The zero-order valence-corrected chi connectivity index (χ0v) is 15.6. The molecule has 0 atom stereocenters. The van der Waals surface area contributed by atoms with E-state index in [1.807, 2.05) is 0 Å². The van der Waals surface area contributed by atoms with E-state index in [0.29, 0.717) is 30.8 Å². The number of nitrogens with zero attached hydrogens (tertiary/aromatic N) is 3. The van der Waals surface area contributed by atoms with Gasteiger partial charge in [0.25, 0.3) is 5.91 Å². The second kappa shape index (κ2) is 8.99. The Morgan fingerprint density at radius 2 is 1.93 bits per heavy atom. The van der Waals surface area contributed by atoms with Gasteiger partial charge >= 0.3 is 5.97 Å². The van der Waals surface area contributed by atoms with Gasteiger partial charge in [0.05, 0.1) is 12.3 Å². The summed E-state index contributed by atoms with van der Waals surface area (Å²) in [4.78, 5) is 40.2. The molecule has 0 aliphatic carbocycles. The van der Waals surface area contributed by atoms with Crippen LogP contribution in [0.3, 0.4) is 0 Å². The molecule has 0 aromatic carbocycles. The molecule has 0 spiro atoms. The van der Waals surface area contributed by atoms with E-state index in [2.05, 4.69) is 15.6 Å². The fourth-order valence-electron chi connectivity index (χ4n) is 2.44. The van der Waals surface area contributed by atoms with Crippen molar-refractivity contribution in [2.75, 3.05) is 23.8 Å². The highest BCUT2D eigenvalue weighted by molar-refractivity contribution is 6.04. The number of imidazole rings is 1. The number of nitrogens with one attached hydrogen (secondary N) is 2. The molecule has 2 aromatic rings. The highest BCUT2D eigenvalue weighted by Crippen LogP contribution is 2.16. The number of hydrogen-bond donors (Lipinski definition) is 3. The van der Waals surface area contributed by atoms with Crippen molar-refractivity contribution in [3.8, 4) is 0 Å². The van der Waals surface area contributed by atoms with Crippen molar-refractivity contribution in [1.82, 2.24) is 14.1 Å². The predicted octanol–water partition coefficient (Wildman–Crippen LogP) is 0.865. The van der Waals surface area contributed by atoms with Crippen molar-refractivity contribution in [3.05, 3.63) is 30.0 Å². The molecule has 10 heteroatoms. The van der Waals surface area contributed by atoms with Crippen LogP contribution in [0.5, 0.6) is 0 Å². The number of carbonyl (C=O) groups excluding carboxylic acids is 3. The van der Waals surface area contributed by atoms with E-state index in [0.717, 1.165) is 0 Å². The molecule has 0 aliphatic rings. The minimum Gasteiger partial charge on any atom is -0.460 e. The van der Waals surface area contributed by atoms with Gasteiger partial charge in [-0.15, -0.1) is 0 Å². The summed E-state index contributed by atoms with van der Waals surface area (Å²) in [5.41, 5.74) is 6.22. The summed E-state index contributed by atoms with van der Waals surface area (Å²) in [6.07, 6.45) is 4.06. The number of ether oxygens (including phenoxy) is 1. The lowest BCUT2D eigenvalue weighted by molar-refractivity contribution is -0.116. The molecule has 10 nitrogen and oxygen atoms in total. The van der Waals surface area contributed by atoms with Crippen molar-refractivity contribution in [2.24, 2.45) is 19.8 Å². The Kier molecular flexibility index (Phi) is 6.72. The van der Waals surface area contributed by atoms with E-state index >= 15 is 0 Å². The van der Waals surface area contributed by atoms with E-state index in [4.69, 9.17) is 10.5 Å². The molecule has 0 radical (unpaired) electrons. The van der Waals surface area contributed by atoms with Gasteiger partial charge in [-0.2, -0.15) is 0 Å². The second-order valence-electron chi connectivity index (χ2n) is 5.90. The van der Waals surface area contributed by atoms with Crippen LogP contribution in [0.4, 0.5) is 11.5 Å². The number of amides is 2. The molecule has 2 aromatic heterocycles. The summed E-state index contributed by atoms with van der Waals surface area (Å²) in [6, 6.07) is 1.56. The van der Waals surface area contributed by atoms with Gasteiger partial charge in [-0.05, 0) is 26.0 Å². The van der Waals surface area contributed by atoms with Gasteiger partial charge in [-0.1, -0.05) is 0 Å². The van der Waals surface area contributed by atoms with Crippen LogP contribution in [0.2, 0.25) is 0 Å². The molecule has 2 amide bonds. The van der Waals surface area contributed by atoms with Gasteiger partial charge in [0, 0.05) is 32.9 Å². The number of anilines is 2. The lowest BCUT2D eigenvalue weighted by Crippen LogP contribution is -2.16. The van der Waals surface area contributed by atoms with Crippen LogP contribution in [0, 0.1) is 0 Å². The molecule has 4 N–H and O–H groups in total. The summed E-state index contributed by atoms with van der Waals surface area (Å²) in [5, 5.41) is 5.35. The van der Waals surface area contributed by atoms with E-state index in [9.17, 15) is 14.4 Å². The number of nitrogens with two attached hydrogens (primary N) is 1. The van der Waals surface area contributed by atoms with Gasteiger partial charge in [-0.25, -0.2) is 9.78 Å². The monoisotopic (exact) mass is 376 g/mol. The molecule has 0 fully saturated rings. The molecule has 2 rings (SSSR count). The predicted molar refractivity (Wildman–Crippen MR) is 99.4 cm³/mol. The van der Waals surface area contributed by atoms with E-state index < -0.39 is 11.9 Å². The Hall–Kier alpha value is -3.14. The van der Waals surface area contributed by atoms with Gasteiger partial charge in [-0.3, -0.25) is 9.59 Å². The quantitative estimate of drug-likeness (QED) is 0.585. The third-order valence-corrected chi connectivity index (χ3v) is 3.71. The largest absolute Gasteiger partial charge is 0.460 e. The van der Waals surface area contributed by atoms with Crippen LogP contribution >= 0.6 is 0 Å². The van der Waals surface area contributed by atoms with Crippen LogP contribution in [-0.2, 0) is 23.6 Å². The Morgan fingerprint density at radius 1 is 1.19 bits per heavy atom. The molecule has 146 valence electrons. The van der Waals surface area contributed by atoms with Crippen molar-refractivity contribution in [1.29, 1.82) is 0 Å². The summed E-state index contributed by atoms with van der Waals surface area (Å²) in [5.74, 6) is -0.843. The standard InChI is InChI=1S/C17H24N6O4/c1-4-27-17(26)15-20-13(10-23(15)3)21-16(25)12-8-11(9-22(12)2)19-14(24)6-5-7-18/h8-10H,4-7,18H2,1-3H3,(H,19,24)(H,21,25). The number of aryl methyl sites for hydroxylation is 2. The van der Waals surface area contributed by atoms with Crippen molar-refractivity contribution < 1.29 is 19.1 Å². The number of aromatic nitrogens is 3. The zero-order chi connectivity index (χ0) is 20.0. The fourth-order valence-corrected chi connectivity index (χ4v) is 2.44. The number of esters is 1. The lowest BCUT2D eigenvalue weighted by Gasteiger charge is -2.02. The van der Waals surface area contributed by atoms with Crippen molar-refractivity contribution in [2.45, 2.75) is 19.8 Å². The van der Waals surface area contributed by atoms with Gasteiger partial charge < -0.3 is 30.2 Å². The topological polar surface area (TPSA) is 133 Å². The molecule has 0 saturated carbocycles. The molecule has 27 heavy (non-hydrogen) atoms. The second-order valence-corrected chi connectivity index (χ2v) is 5.90. The van der Waals surface area contributed by atoms with Crippen LogP contribution in [-0.4, -0.2) is 45.1 Å². The molecule has 2 heterocycles. The van der Waals surface area contributed by atoms with Gasteiger partial charge in [0.2, 0.25) is 11.7 Å². The third kappa shape index (κ3) is 5.17. The van der Waals surface area contributed by atoms with E-state index in [1.165, 1.54) is 10.8 Å². The minimum atomic E-state index is -0.568. The van der Waals surface area contributed by atoms with Gasteiger partial charge in [0.15, 0.2) is 5.82 Å². The average molecular weight is 376 g/mol. The summed E-state index contributed by atoms with van der Waals surface area (Å²) in [7, 11) is 3.32. The maximum absolute atomic E-state index is 12.5. The highest BCUT2D eigenvalue weighted by atomic mass is 16.5. The summed E-state index contributed by atoms with van der Waals surface area (Å²) < 4.78 is 7.97. The minimum absolute atomic E-state index is 0.0897. The number of hydrogen-bond acceptors (Lipinski definition) is 6. The highest BCUT2D eigenvalue weighted by Gasteiger charge is 2.18. The van der Waals surface area contributed by atoms with Crippen LogP contribution < -0.4 is 16.4 Å². The Morgan fingerprint density at radius 3 is 2.59 bits per heavy atom. The van der Waals surface area contributed by atoms with Crippen molar-refractivity contribution >= 4 is 29.3 Å². The summed E-state index contributed by atoms with van der Waals surface area (Å²) >= 11 is 0. The first-order valence-corrected chi connectivity index (χ1v) is 8.53. The number of rotatable bonds is 8. The first-order valence-electron chi connectivity index (χ1n) is 8.53. The maximum Gasteiger partial charge on any atom is 0.374 e. The van der Waals surface area contributed by atoms with Crippen LogP contribution in [0.1, 0.15) is 40.9 Å². The molecular weight excluding hydrogens is 352 g/mol. The Labute approximate surface area is 156 Å². The van der Waals surface area contributed by atoms with Crippen LogP contribution in [0.15, 0.2) is 18.5 Å². The Balaban J connectivity index is 2.07. The smallest absolute Gasteiger partial charge is 0.374 e. The van der Waals surface area contributed by atoms with Crippen LogP contribution in [0.25, 0.3) is 0 Å². The number of carbonyl (C=O) groups is 3. The normalized spacial score (nSPS) is 10.5. The lowest BCUT2D eigenvalue weighted by atomic mass is 10.3. The first-order chi connectivity index (χ1) is 12.8. The molecular formula is C17H24N6O4. The zero-order valence-electron chi connectivity index (χ0n) is 15.6. The fraction of sp³-hybridized carbons (Fsp3) is 0.412. The molecule has 0 aliphatic heterocycles. The van der Waals surface area contributed by atoms with E-state index in [-0.39, 0.29) is 24.2 Å². The molecule has 0 bridgehead atoms. The maximum atomic E-state index is 12.5. The van der Waals surface area contributed by atoms with Crippen molar-refractivity contribution in [3.63, 3.8) is 0 Å². The molecule has 0 unspecified atom stereocenters. The SMILES string of the molecule is CCOC(=O)c1nc(NC(=O)c2cc(NC(=O)CCCN)cn2C)cn1C. The van der Waals surface area contributed by atoms with Gasteiger partial charge in [0.1, 0.15) is 5.69 Å². The first kappa shape index (κ1) is 20.2. The third-order valence-electron chi connectivity index (χ3n) is 3.71. The average Bonchev–Trinajstić information content (AvgIpc) is 3.15. The molecule has 0 saturated heterocycles. The Bertz CT molecular complexity index is 839. The summed E-state index contributed by atoms with van der Waals surface area (Å²) in [6.45, 7) is 2.37.